The van der Waals surface area contributed by atoms with Crippen molar-refractivity contribution in [3.8, 4) is 0 Å². The standard InChI is InChI=1S/C9H13N3O4S2/c10-9-2-1-8(5-11-9)18(15,16)12-7-3-4-17(13,14)6-7/h1-2,5,7,12H,3-4,6H2,(H2,10,11). The van der Waals surface area contributed by atoms with Crippen molar-refractivity contribution >= 4 is 25.7 Å². The van der Waals surface area contributed by atoms with Crippen LogP contribution in [0.25, 0.3) is 0 Å². The van der Waals surface area contributed by atoms with Crippen molar-refractivity contribution in [3.63, 3.8) is 0 Å². The van der Waals surface area contributed by atoms with Crippen LogP contribution in [0.4, 0.5) is 5.82 Å². The second-order valence-corrected chi connectivity index (χ2v) is 8.08. The van der Waals surface area contributed by atoms with E-state index < -0.39 is 25.9 Å². The second kappa shape index (κ2) is 4.48. The molecule has 0 bridgehead atoms. The van der Waals surface area contributed by atoms with Crippen molar-refractivity contribution in [2.75, 3.05) is 17.2 Å². The maximum Gasteiger partial charge on any atom is 0.242 e. The topological polar surface area (TPSA) is 119 Å². The summed E-state index contributed by atoms with van der Waals surface area (Å²) in [6, 6.07) is 2.13. The summed E-state index contributed by atoms with van der Waals surface area (Å²) >= 11 is 0. The quantitative estimate of drug-likeness (QED) is 0.747. The maximum absolute atomic E-state index is 11.9. The molecule has 1 atom stereocenters. The zero-order valence-corrected chi connectivity index (χ0v) is 11.0. The highest BCUT2D eigenvalue weighted by Gasteiger charge is 2.31. The number of nitrogens with zero attached hydrogens (tertiary/aromatic N) is 1. The number of sulfonamides is 1. The molecule has 1 fully saturated rings. The lowest BCUT2D eigenvalue weighted by molar-refractivity contribution is 0.562. The highest BCUT2D eigenvalue weighted by Crippen LogP contribution is 2.15. The Morgan fingerprint density at radius 3 is 2.61 bits per heavy atom. The lowest BCUT2D eigenvalue weighted by Gasteiger charge is -2.11. The van der Waals surface area contributed by atoms with Crippen LogP contribution in [0.3, 0.4) is 0 Å². The monoisotopic (exact) mass is 291 g/mol. The average molecular weight is 291 g/mol. The van der Waals surface area contributed by atoms with Gasteiger partial charge in [-0.25, -0.2) is 26.5 Å². The third kappa shape index (κ3) is 2.98. The van der Waals surface area contributed by atoms with Gasteiger partial charge in [0.25, 0.3) is 0 Å². The minimum atomic E-state index is -3.74. The normalized spacial score (nSPS) is 23.0. The van der Waals surface area contributed by atoms with Crippen molar-refractivity contribution in [2.24, 2.45) is 0 Å². The molecule has 3 N–H and O–H groups in total. The Balaban J connectivity index is 2.16. The summed E-state index contributed by atoms with van der Waals surface area (Å²) in [7, 11) is -6.86. The first-order chi connectivity index (χ1) is 8.28. The molecule has 0 aliphatic carbocycles. The van der Waals surface area contributed by atoms with E-state index in [1.54, 1.807) is 0 Å². The Morgan fingerprint density at radius 1 is 1.39 bits per heavy atom. The van der Waals surface area contributed by atoms with E-state index in [-0.39, 0.29) is 22.2 Å². The van der Waals surface area contributed by atoms with Crippen LogP contribution in [0.15, 0.2) is 23.2 Å². The first-order valence-electron chi connectivity index (χ1n) is 5.23. The summed E-state index contributed by atoms with van der Waals surface area (Å²) in [6.07, 6.45) is 1.44. The van der Waals surface area contributed by atoms with E-state index in [4.69, 9.17) is 5.73 Å². The number of nitrogens with one attached hydrogen (secondary N) is 1. The highest BCUT2D eigenvalue weighted by molar-refractivity contribution is 7.92. The van der Waals surface area contributed by atoms with Crippen LogP contribution in [-0.2, 0) is 19.9 Å². The Labute approximate surface area is 105 Å². The van der Waals surface area contributed by atoms with E-state index in [2.05, 4.69) is 9.71 Å². The number of pyridine rings is 1. The molecule has 0 aromatic carbocycles. The number of rotatable bonds is 3. The van der Waals surface area contributed by atoms with Gasteiger partial charge in [-0.1, -0.05) is 0 Å². The molecule has 0 radical (unpaired) electrons. The van der Waals surface area contributed by atoms with E-state index in [1.807, 2.05) is 0 Å². The van der Waals surface area contributed by atoms with Gasteiger partial charge in [0.05, 0.1) is 11.5 Å². The molecule has 100 valence electrons. The van der Waals surface area contributed by atoms with Gasteiger partial charge in [-0.15, -0.1) is 0 Å². The van der Waals surface area contributed by atoms with Crippen LogP contribution in [-0.4, -0.2) is 39.4 Å². The minimum absolute atomic E-state index is 0.0141. The molecule has 2 rings (SSSR count). The second-order valence-electron chi connectivity index (χ2n) is 4.14. The minimum Gasteiger partial charge on any atom is -0.384 e. The molecule has 1 saturated heterocycles. The van der Waals surface area contributed by atoms with E-state index >= 15 is 0 Å². The van der Waals surface area contributed by atoms with E-state index in [0.29, 0.717) is 6.42 Å². The van der Waals surface area contributed by atoms with Crippen LogP contribution in [0.2, 0.25) is 0 Å². The largest absolute Gasteiger partial charge is 0.384 e. The van der Waals surface area contributed by atoms with Crippen LogP contribution in [0, 0.1) is 0 Å². The van der Waals surface area contributed by atoms with E-state index in [0.717, 1.165) is 6.20 Å². The summed E-state index contributed by atoms with van der Waals surface area (Å²) in [5, 5.41) is 0. The Morgan fingerprint density at radius 2 is 2.11 bits per heavy atom. The molecule has 0 saturated carbocycles. The van der Waals surface area contributed by atoms with Gasteiger partial charge in [0.15, 0.2) is 9.84 Å². The first-order valence-corrected chi connectivity index (χ1v) is 8.53. The molecule has 18 heavy (non-hydrogen) atoms. The molecule has 0 spiro atoms. The van der Waals surface area contributed by atoms with E-state index in [1.165, 1.54) is 12.1 Å². The molecule has 2 heterocycles. The summed E-state index contributed by atoms with van der Waals surface area (Å²) in [6.45, 7) is 0. The molecule has 7 nitrogen and oxygen atoms in total. The van der Waals surface area contributed by atoms with Gasteiger partial charge in [-0.2, -0.15) is 0 Å². The van der Waals surface area contributed by atoms with Gasteiger partial charge in [0.2, 0.25) is 10.0 Å². The number of sulfone groups is 1. The maximum atomic E-state index is 11.9. The predicted molar refractivity (Wildman–Crippen MR) is 66.0 cm³/mol. The van der Waals surface area contributed by atoms with Crippen LogP contribution < -0.4 is 10.5 Å². The SMILES string of the molecule is Nc1ccc(S(=O)(=O)NC2CCS(=O)(=O)C2)cn1. The Bertz CT molecular complexity index is 637. The van der Waals surface area contributed by atoms with Crippen molar-refractivity contribution in [3.05, 3.63) is 18.3 Å². The van der Waals surface area contributed by atoms with Gasteiger partial charge >= 0.3 is 0 Å². The molecule has 1 unspecified atom stereocenters. The van der Waals surface area contributed by atoms with Crippen LogP contribution in [0.1, 0.15) is 6.42 Å². The summed E-state index contributed by atoms with van der Waals surface area (Å²) in [4.78, 5) is 3.66. The number of nitrogen functional groups attached to an aromatic ring is 1. The van der Waals surface area contributed by atoms with Crippen LogP contribution >= 0.6 is 0 Å². The summed E-state index contributed by atoms with van der Waals surface area (Å²) in [5.41, 5.74) is 5.36. The van der Waals surface area contributed by atoms with Gasteiger partial charge < -0.3 is 5.73 Å². The lowest BCUT2D eigenvalue weighted by Crippen LogP contribution is -2.35. The molecular weight excluding hydrogens is 278 g/mol. The molecule has 9 heteroatoms. The van der Waals surface area contributed by atoms with Crippen molar-refractivity contribution < 1.29 is 16.8 Å². The molecule has 1 aromatic heterocycles. The average Bonchev–Trinajstić information content (AvgIpc) is 2.57. The smallest absolute Gasteiger partial charge is 0.242 e. The molecule has 1 aromatic rings. The zero-order valence-electron chi connectivity index (χ0n) is 9.40. The summed E-state index contributed by atoms with van der Waals surface area (Å²) in [5.74, 6) is 0.0758. The zero-order chi connectivity index (χ0) is 13.4. The van der Waals surface area contributed by atoms with Gasteiger partial charge in [-0.3, -0.25) is 0 Å². The molecule has 1 aliphatic heterocycles. The number of hydrogen-bond acceptors (Lipinski definition) is 6. The Kier molecular flexibility index (Phi) is 3.30. The molecular formula is C9H13N3O4S2. The van der Waals surface area contributed by atoms with Crippen molar-refractivity contribution in [1.29, 1.82) is 0 Å². The number of nitrogens with two attached hydrogens (primary N) is 1. The molecule has 0 amide bonds. The first kappa shape index (κ1) is 13.2. The fraction of sp³-hybridized carbons (Fsp3) is 0.444. The third-order valence-corrected chi connectivity index (χ3v) is 5.90. The number of anilines is 1. The Hall–Kier alpha value is -1.19. The lowest BCUT2D eigenvalue weighted by atomic mass is 10.3. The summed E-state index contributed by atoms with van der Waals surface area (Å²) < 4.78 is 48.7. The predicted octanol–water partition coefficient (Wildman–Crippen LogP) is -0.871. The third-order valence-electron chi connectivity index (χ3n) is 2.62. The highest BCUT2D eigenvalue weighted by atomic mass is 32.2. The molecule has 1 aliphatic rings. The van der Waals surface area contributed by atoms with Gasteiger partial charge in [0, 0.05) is 12.2 Å². The fourth-order valence-electron chi connectivity index (χ4n) is 1.73. The van der Waals surface area contributed by atoms with Crippen LogP contribution in [0.5, 0.6) is 0 Å². The fourth-order valence-corrected chi connectivity index (χ4v) is 4.72. The van der Waals surface area contributed by atoms with E-state index in [9.17, 15) is 16.8 Å². The van der Waals surface area contributed by atoms with Crippen molar-refractivity contribution in [2.45, 2.75) is 17.4 Å². The number of hydrogen-bond donors (Lipinski definition) is 2. The van der Waals surface area contributed by atoms with Crippen molar-refractivity contribution in [1.82, 2.24) is 9.71 Å². The number of aromatic nitrogens is 1. The van der Waals surface area contributed by atoms with Gasteiger partial charge in [0.1, 0.15) is 10.7 Å². The van der Waals surface area contributed by atoms with Gasteiger partial charge in [-0.05, 0) is 18.6 Å².